The molecular weight excluding hydrogens is 220 g/mol. The van der Waals surface area contributed by atoms with Gasteiger partial charge in [0.15, 0.2) is 0 Å². The molecule has 1 rings (SSSR count). The lowest BCUT2D eigenvalue weighted by Gasteiger charge is -2.33. The monoisotopic (exact) mass is 248 g/mol. The van der Waals surface area contributed by atoms with Crippen LogP contribution in [0.25, 0.3) is 0 Å². The summed E-state index contributed by atoms with van der Waals surface area (Å²) in [5.74, 6) is 0. The van der Waals surface area contributed by atoms with Crippen LogP contribution >= 0.6 is 0 Å². The van der Waals surface area contributed by atoms with Crippen molar-refractivity contribution in [3.8, 4) is 0 Å². The zero-order chi connectivity index (χ0) is 13.6. The van der Waals surface area contributed by atoms with Crippen LogP contribution in [0, 0.1) is 5.41 Å². The third kappa shape index (κ3) is 4.34. The molecule has 0 bridgehead atoms. The van der Waals surface area contributed by atoms with E-state index in [0.29, 0.717) is 11.5 Å². The van der Waals surface area contributed by atoms with Gasteiger partial charge in [0.1, 0.15) is 0 Å². The molecule has 0 aliphatic heterocycles. The molecule has 2 nitrogen and oxygen atoms in total. The molecule has 0 spiro atoms. The van der Waals surface area contributed by atoms with Crippen LogP contribution in [0.15, 0.2) is 30.3 Å². The maximum absolute atomic E-state index is 3.45. The first-order chi connectivity index (χ1) is 8.49. The number of nitrogens with zero attached hydrogens (tertiary/aromatic N) is 1. The first-order valence-electron chi connectivity index (χ1n) is 6.96. The first-order valence-corrected chi connectivity index (χ1v) is 6.96. The zero-order valence-corrected chi connectivity index (χ0v) is 12.5. The van der Waals surface area contributed by atoms with Gasteiger partial charge >= 0.3 is 0 Å². The highest BCUT2D eigenvalue weighted by Gasteiger charge is 2.23. The van der Waals surface area contributed by atoms with Crippen molar-refractivity contribution in [2.24, 2.45) is 5.41 Å². The molecule has 0 radical (unpaired) electrons. The lowest BCUT2D eigenvalue weighted by Crippen LogP contribution is -2.41. The molecule has 0 aromatic heterocycles. The second-order valence-corrected chi connectivity index (χ2v) is 5.91. The van der Waals surface area contributed by atoms with E-state index in [1.807, 2.05) is 0 Å². The van der Waals surface area contributed by atoms with E-state index in [1.165, 1.54) is 12.1 Å². The molecule has 0 aliphatic carbocycles. The van der Waals surface area contributed by atoms with Crippen molar-refractivity contribution >= 4 is 5.69 Å². The smallest absolute Gasteiger partial charge is 0.0366 e. The fourth-order valence-corrected chi connectivity index (χ4v) is 2.40. The molecule has 1 atom stereocenters. The van der Waals surface area contributed by atoms with E-state index in [9.17, 15) is 0 Å². The fraction of sp³-hybridized carbons (Fsp3) is 0.625. The minimum absolute atomic E-state index is 0.310. The molecule has 0 fully saturated rings. The number of hydrogen-bond acceptors (Lipinski definition) is 2. The van der Waals surface area contributed by atoms with Crippen LogP contribution in [0.2, 0.25) is 0 Å². The predicted octanol–water partition coefficient (Wildman–Crippen LogP) is 3.54. The highest BCUT2D eigenvalue weighted by molar-refractivity contribution is 5.45. The molecule has 102 valence electrons. The van der Waals surface area contributed by atoms with Gasteiger partial charge in [-0.25, -0.2) is 0 Å². The van der Waals surface area contributed by atoms with Gasteiger partial charge in [-0.2, -0.15) is 0 Å². The summed E-state index contributed by atoms with van der Waals surface area (Å²) in [6.45, 7) is 11.3. The molecule has 0 heterocycles. The lowest BCUT2D eigenvalue weighted by molar-refractivity contribution is 0.269. The topological polar surface area (TPSA) is 15.3 Å². The number of hydrogen-bond donors (Lipinski definition) is 1. The average molecular weight is 248 g/mol. The van der Waals surface area contributed by atoms with Crippen LogP contribution in [0.5, 0.6) is 0 Å². The standard InChI is InChI=1S/C16H28N2/c1-6-18(14-10-8-7-9-11-14)13-12-15(17-5)16(2,3)4/h7-11,15,17H,6,12-13H2,1-5H3. The number of para-hydroxylation sites is 1. The summed E-state index contributed by atoms with van der Waals surface area (Å²) in [6, 6.07) is 11.2. The number of anilines is 1. The fourth-order valence-electron chi connectivity index (χ4n) is 2.40. The molecule has 2 heteroatoms. The van der Waals surface area contributed by atoms with Crippen molar-refractivity contribution in [1.82, 2.24) is 5.32 Å². The van der Waals surface area contributed by atoms with Crippen molar-refractivity contribution in [3.63, 3.8) is 0 Å². The SMILES string of the molecule is CCN(CCC(NC)C(C)(C)C)c1ccccc1. The highest BCUT2D eigenvalue weighted by atomic mass is 15.1. The van der Waals surface area contributed by atoms with E-state index in [-0.39, 0.29) is 0 Å². The van der Waals surface area contributed by atoms with Crippen LogP contribution in [0.1, 0.15) is 34.1 Å². The molecular formula is C16H28N2. The maximum Gasteiger partial charge on any atom is 0.0366 e. The van der Waals surface area contributed by atoms with Crippen LogP contribution < -0.4 is 10.2 Å². The summed E-state index contributed by atoms with van der Waals surface area (Å²) in [5.41, 5.74) is 1.63. The predicted molar refractivity (Wildman–Crippen MR) is 81.2 cm³/mol. The summed E-state index contributed by atoms with van der Waals surface area (Å²) < 4.78 is 0. The first kappa shape index (κ1) is 15.0. The molecule has 1 N–H and O–H groups in total. The quantitative estimate of drug-likeness (QED) is 0.828. The van der Waals surface area contributed by atoms with Crippen molar-refractivity contribution in [1.29, 1.82) is 0 Å². The highest BCUT2D eigenvalue weighted by Crippen LogP contribution is 2.22. The van der Waals surface area contributed by atoms with Gasteiger partial charge in [0, 0.05) is 24.8 Å². The summed E-state index contributed by atoms with van der Waals surface area (Å²) in [4.78, 5) is 2.44. The van der Waals surface area contributed by atoms with Gasteiger partial charge in [-0.05, 0) is 37.9 Å². The Bertz CT molecular complexity index is 327. The Morgan fingerprint density at radius 1 is 1.17 bits per heavy atom. The Balaban J connectivity index is 2.60. The van der Waals surface area contributed by atoms with Crippen LogP contribution in [-0.4, -0.2) is 26.2 Å². The molecule has 0 aliphatic rings. The number of rotatable bonds is 6. The Kier molecular flexibility index (Phi) is 5.67. The van der Waals surface area contributed by atoms with Gasteiger partial charge in [0.25, 0.3) is 0 Å². The van der Waals surface area contributed by atoms with Crippen molar-refractivity contribution < 1.29 is 0 Å². The Morgan fingerprint density at radius 2 is 1.78 bits per heavy atom. The van der Waals surface area contributed by atoms with Crippen LogP contribution in [0.3, 0.4) is 0 Å². The zero-order valence-electron chi connectivity index (χ0n) is 12.5. The Labute approximate surface area is 112 Å². The van der Waals surface area contributed by atoms with Crippen molar-refractivity contribution in [2.75, 3.05) is 25.0 Å². The van der Waals surface area contributed by atoms with E-state index in [1.54, 1.807) is 0 Å². The Morgan fingerprint density at radius 3 is 2.22 bits per heavy atom. The van der Waals surface area contributed by atoms with E-state index in [4.69, 9.17) is 0 Å². The van der Waals surface area contributed by atoms with Gasteiger partial charge < -0.3 is 10.2 Å². The van der Waals surface area contributed by atoms with Crippen LogP contribution in [0.4, 0.5) is 5.69 Å². The summed E-state index contributed by atoms with van der Waals surface area (Å²) >= 11 is 0. The molecule has 18 heavy (non-hydrogen) atoms. The summed E-state index contributed by atoms with van der Waals surface area (Å²) in [5, 5.41) is 3.45. The Hall–Kier alpha value is -1.02. The van der Waals surface area contributed by atoms with Gasteiger partial charge in [-0.3, -0.25) is 0 Å². The summed E-state index contributed by atoms with van der Waals surface area (Å²) in [6.07, 6.45) is 1.17. The normalized spacial score (nSPS) is 13.4. The van der Waals surface area contributed by atoms with Crippen molar-refractivity contribution in [3.05, 3.63) is 30.3 Å². The van der Waals surface area contributed by atoms with Crippen molar-refractivity contribution in [2.45, 2.75) is 40.2 Å². The number of nitrogens with one attached hydrogen (secondary N) is 1. The second kappa shape index (κ2) is 6.79. The van der Waals surface area contributed by atoms with Crippen LogP contribution in [-0.2, 0) is 0 Å². The summed E-state index contributed by atoms with van der Waals surface area (Å²) in [7, 11) is 2.06. The van der Waals surface area contributed by atoms with Gasteiger partial charge in [-0.15, -0.1) is 0 Å². The molecule has 1 unspecified atom stereocenters. The maximum atomic E-state index is 3.45. The second-order valence-electron chi connectivity index (χ2n) is 5.91. The number of benzene rings is 1. The third-order valence-corrected chi connectivity index (χ3v) is 3.58. The van der Waals surface area contributed by atoms with E-state index >= 15 is 0 Å². The van der Waals surface area contributed by atoms with Gasteiger partial charge in [0.05, 0.1) is 0 Å². The van der Waals surface area contributed by atoms with Gasteiger partial charge in [0.2, 0.25) is 0 Å². The molecule has 0 saturated heterocycles. The average Bonchev–Trinajstić information content (AvgIpc) is 2.34. The van der Waals surface area contributed by atoms with E-state index in [0.717, 1.165) is 13.1 Å². The minimum Gasteiger partial charge on any atom is -0.372 e. The minimum atomic E-state index is 0.310. The molecule has 0 amide bonds. The molecule has 0 saturated carbocycles. The van der Waals surface area contributed by atoms with E-state index in [2.05, 4.69) is 75.3 Å². The lowest BCUT2D eigenvalue weighted by atomic mass is 9.85. The largest absolute Gasteiger partial charge is 0.372 e. The van der Waals surface area contributed by atoms with E-state index < -0.39 is 0 Å². The third-order valence-electron chi connectivity index (χ3n) is 3.58. The molecule has 1 aromatic rings. The van der Waals surface area contributed by atoms with Gasteiger partial charge in [-0.1, -0.05) is 39.0 Å². The molecule has 1 aromatic carbocycles.